The lowest BCUT2D eigenvalue weighted by Crippen LogP contribution is -2.18. The fourth-order valence-electron chi connectivity index (χ4n) is 1.41. The van der Waals surface area contributed by atoms with Crippen molar-refractivity contribution in [1.82, 2.24) is 0 Å². The highest BCUT2D eigenvalue weighted by atomic mass is 16.5. The molecule has 0 aromatic heterocycles. The molecule has 0 aliphatic rings. The summed E-state index contributed by atoms with van der Waals surface area (Å²) >= 11 is 0. The van der Waals surface area contributed by atoms with Crippen LogP contribution in [0.3, 0.4) is 0 Å². The molecule has 0 bridgehead atoms. The summed E-state index contributed by atoms with van der Waals surface area (Å²) in [4.78, 5) is 23.1. The first-order valence-corrected chi connectivity index (χ1v) is 5.31. The van der Waals surface area contributed by atoms with Crippen LogP contribution in [0.1, 0.15) is 19.4 Å². The maximum Gasteiger partial charge on any atom is 0.343 e. The van der Waals surface area contributed by atoms with Crippen LogP contribution in [-0.4, -0.2) is 18.4 Å². The van der Waals surface area contributed by atoms with Crippen molar-refractivity contribution in [2.24, 2.45) is 5.73 Å². The van der Waals surface area contributed by atoms with Crippen LogP contribution >= 0.6 is 0 Å². The van der Waals surface area contributed by atoms with Gasteiger partial charge in [0.25, 0.3) is 0 Å². The maximum absolute atomic E-state index is 11.6. The normalized spacial score (nSPS) is 11.6. The van der Waals surface area contributed by atoms with E-state index in [0.29, 0.717) is 5.56 Å². The molecule has 1 aromatic carbocycles. The Morgan fingerprint density at radius 3 is 2.29 bits per heavy atom. The molecule has 17 heavy (non-hydrogen) atoms. The Labute approximate surface area is 100 Å². The summed E-state index contributed by atoms with van der Waals surface area (Å²) in [7, 11) is 0. The second kappa shape index (κ2) is 5.84. The molecule has 0 atom stereocenters. The van der Waals surface area contributed by atoms with Crippen molar-refractivity contribution in [2.45, 2.75) is 13.8 Å². The number of rotatable bonds is 4. The number of hydrogen-bond acceptors (Lipinski definition) is 4. The first-order valence-electron chi connectivity index (χ1n) is 5.31. The highest BCUT2D eigenvalue weighted by Crippen LogP contribution is 2.15. The lowest BCUT2D eigenvalue weighted by molar-refractivity contribution is -0.139. The lowest BCUT2D eigenvalue weighted by atomic mass is 10.0. The van der Waals surface area contributed by atoms with E-state index in [2.05, 4.69) is 0 Å². The number of benzene rings is 1. The summed E-state index contributed by atoms with van der Waals surface area (Å²) in [5, 5.41) is 0. The predicted molar refractivity (Wildman–Crippen MR) is 64.9 cm³/mol. The Hall–Kier alpha value is -2.10. The molecule has 0 saturated carbocycles. The van der Waals surface area contributed by atoms with Gasteiger partial charge in [0.1, 0.15) is 5.57 Å². The third-order valence-electron chi connectivity index (χ3n) is 2.19. The van der Waals surface area contributed by atoms with Crippen molar-refractivity contribution in [3.63, 3.8) is 0 Å². The second-order valence-corrected chi connectivity index (χ2v) is 3.43. The van der Waals surface area contributed by atoms with E-state index < -0.39 is 11.8 Å². The molecule has 4 heteroatoms. The van der Waals surface area contributed by atoms with Gasteiger partial charge in [-0.25, -0.2) is 4.79 Å². The molecule has 2 N–H and O–H groups in total. The van der Waals surface area contributed by atoms with Gasteiger partial charge in [-0.05, 0) is 19.4 Å². The molecule has 0 heterocycles. The van der Waals surface area contributed by atoms with Gasteiger partial charge in [-0.1, -0.05) is 30.3 Å². The predicted octanol–water partition coefficient (Wildman–Crippen LogP) is 1.51. The molecule has 0 saturated heterocycles. The smallest absolute Gasteiger partial charge is 0.343 e. The van der Waals surface area contributed by atoms with E-state index in [4.69, 9.17) is 10.5 Å². The number of hydrogen-bond donors (Lipinski definition) is 1. The maximum atomic E-state index is 11.6. The largest absolute Gasteiger partial charge is 0.462 e. The van der Waals surface area contributed by atoms with Gasteiger partial charge in [0.15, 0.2) is 5.78 Å². The summed E-state index contributed by atoms with van der Waals surface area (Å²) in [6.45, 7) is 3.17. The standard InChI is InChI=1S/C13H15NO3/c1-3-17-13(16)11(9(2)15)12(14)10-7-5-4-6-8-10/h4-8H,3,14H2,1-2H3. The third-order valence-corrected chi connectivity index (χ3v) is 2.19. The first kappa shape index (κ1) is 13.0. The van der Waals surface area contributed by atoms with E-state index >= 15 is 0 Å². The van der Waals surface area contributed by atoms with Crippen LogP contribution in [0.5, 0.6) is 0 Å². The molecular formula is C13H15NO3. The van der Waals surface area contributed by atoms with Gasteiger partial charge in [0.2, 0.25) is 0 Å². The van der Waals surface area contributed by atoms with Gasteiger partial charge in [-0.3, -0.25) is 4.79 Å². The molecule has 4 nitrogen and oxygen atoms in total. The van der Waals surface area contributed by atoms with E-state index in [1.54, 1.807) is 31.2 Å². The van der Waals surface area contributed by atoms with Crippen LogP contribution < -0.4 is 5.73 Å². The molecule has 0 aliphatic carbocycles. The minimum Gasteiger partial charge on any atom is -0.462 e. The minimum absolute atomic E-state index is 0.0990. The van der Waals surface area contributed by atoms with Crippen LogP contribution in [-0.2, 0) is 14.3 Å². The van der Waals surface area contributed by atoms with Crippen LogP contribution in [0.4, 0.5) is 0 Å². The molecule has 90 valence electrons. The van der Waals surface area contributed by atoms with Crippen LogP contribution in [0.2, 0.25) is 0 Å². The molecule has 0 radical (unpaired) electrons. The van der Waals surface area contributed by atoms with Crippen LogP contribution in [0.25, 0.3) is 5.70 Å². The molecule has 0 unspecified atom stereocenters. The Morgan fingerprint density at radius 1 is 1.24 bits per heavy atom. The van der Waals surface area contributed by atoms with Gasteiger partial charge in [-0.2, -0.15) is 0 Å². The quantitative estimate of drug-likeness (QED) is 0.370. The van der Waals surface area contributed by atoms with E-state index in [1.807, 2.05) is 6.07 Å². The van der Waals surface area contributed by atoms with Gasteiger partial charge in [-0.15, -0.1) is 0 Å². The van der Waals surface area contributed by atoms with Crippen molar-refractivity contribution < 1.29 is 14.3 Å². The summed E-state index contributed by atoms with van der Waals surface area (Å²) < 4.78 is 4.81. The Morgan fingerprint density at radius 2 is 1.82 bits per heavy atom. The lowest BCUT2D eigenvalue weighted by Gasteiger charge is -2.08. The topological polar surface area (TPSA) is 69.4 Å². The van der Waals surface area contributed by atoms with E-state index in [9.17, 15) is 9.59 Å². The SMILES string of the molecule is CCOC(=O)C(C(C)=O)=C(N)c1ccccc1. The van der Waals surface area contributed by atoms with Gasteiger partial charge in [0, 0.05) is 0 Å². The third kappa shape index (κ3) is 3.17. The van der Waals surface area contributed by atoms with Crippen molar-refractivity contribution in [3.8, 4) is 0 Å². The molecule has 1 rings (SSSR count). The van der Waals surface area contributed by atoms with Crippen molar-refractivity contribution in [1.29, 1.82) is 0 Å². The zero-order chi connectivity index (χ0) is 12.8. The van der Waals surface area contributed by atoms with E-state index in [-0.39, 0.29) is 17.9 Å². The number of esters is 1. The number of ether oxygens (including phenoxy) is 1. The Kier molecular flexibility index (Phi) is 4.46. The van der Waals surface area contributed by atoms with E-state index in [0.717, 1.165) is 0 Å². The van der Waals surface area contributed by atoms with Gasteiger partial charge < -0.3 is 10.5 Å². The molecule has 0 spiro atoms. The number of carbonyl (C=O) groups is 2. The molecule has 0 fully saturated rings. The Balaban J connectivity index is 3.21. The van der Waals surface area contributed by atoms with Crippen molar-refractivity contribution in [3.05, 3.63) is 41.5 Å². The number of nitrogens with two attached hydrogens (primary N) is 1. The summed E-state index contributed by atoms with van der Waals surface area (Å²) in [5.41, 5.74) is 6.51. The zero-order valence-corrected chi connectivity index (χ0v) is 9.90. The fraction of sp³-hybridized carbons (Fsp3) is 0.231. The van der Waals surface area contributed by atoms with Crippen LogP contribution in [0, 0.1) is 0 Å². The summed E-state index contributed by atoms with van der Waals surface area (Å²) in [6, 6.07) is 8.86. The van der Waals surface area contributed by atoms with Gasteiger partial charge in [0.05, 0.1) is 12.3 Å². The molecule has 1 aromatic rings. The van der Waals surface area contributed by atoms with E-state index in [1.165, 1.54) is 6.92 Å². The molecular weight excluding hydrogens is 218 g/mol. The van der Waals surface area contributed by atoms with Gasteiger partial charge >= 0.3 is 5.97 Å². The number of carbonyl (C=O) groups excluding carboxylic acids is 2. The molecule has 0 amide bonds. The van der Waals surface area contributed by atoms with Crippen molar-refractivity contribution in [2.75, 3.05) is 6.61 Å². The molecule has 0 aliphatic heterocycles. The summed E-state index contributed by atoms with van der Waals surface area (Å²) in [5.74, 6) is -1.08. The Bertz CT molecular complexity index is 449. The highest BCUT2D eigenvalue weighted by Gasteiger charge is 2.20. The number of ketones is 1. The second-order valence-electron chi connectivity index (χ2n) is 3.43. The summed E-state index contributed by atoms with van der Waals surface area (Å²) in [6.07, 6.45) is 0. The van der Waals surface area contributed by atoms with Crippen molar-refractivity contribution >= 4 is 17.4 Å². The average molecular weight is 233 g/mol. The monoisotopic (exact) mass is 233 g/mol. The first-order chi connectivity index (χ1) is 8.07. The number of Topliss-reactive ketones (excluding diaryl/α,β-unsaturated/α-hetero) is 1. The van der Waals surface area contributed by atoms with Crippen LogP contribution in [0.15, 0.2) is 35.9 Å². The average Bonchev–Trinajstić information content (AvgIpc) is 2.30. The fourth-order valence-corrected chi connectivity index (χ4v) is 1.41. The zero-order valence-electron chi connectivity index (χ0n) is 9.90. The highest BCUT2D eigenvalue weighted by molar-refractivity contribution is 6.21. The minimum atomic E-state index is -0.679.